The van der Waals surface area contributed by atoms with Gasteiger partial charge in [0.05, 0.1) is 23.6 Å². The summed E-state index contributed by atoms with van der Waals surface area (Å²) in [6.07, 6.45) is 4.18. The van der Waals surface area contributed by atoms with Gasteiger partial charge in [-0.2, -0.15) is 4.31 Å². The Morgan fingerprint density at radius 1 is 1.19 bits per heavy atom. The van der Waals surface area contributed by atoms with Gasteiger partial charge in [-0.1, -0.05) is 35.7 Å². The van der Waals surface area contributed by atoms with Crippen LogP contribution >= 0.6 is 0 Å². The van der Waals surface area contributed by atoms with Gasteiger partial charge in [0.1, 0.15) is 11.9 Å². The van der Waals surface area contributed by atoms with Crippen LogP contribution in [0.5, 0.6) is 5.75 Å². The van der Waals surface area contributed by atoms with Crippen molar-refractivity contribution < 1.29 is 18.3 Å². The Morgan fingerprint density at radius 3 is 2.27 bits per heavy atom. The monoisotopic (exact) mass is 371 g/mol. The summed E-state index contributed by atoms with van der Waals surface area (Å²) in [6, 6.07) is 13.2. The Kier molecular flexibility index (Phi) is 4.57. The first-order chi connectivity index (χ1) is 12.3. The number of methoxy groups -OCH3 is 1. The maximum atomic E-state index is 13.2. The Bertz CT molecular complexity index is 945. The van der Waals surface area contributed by atoms with Gasteiger partial charge in [-0.05, 0) is 43.7 Å². The first-order valence-corrected chi connectivity index (χ1v) is 9.60. The molecule has 26 heavy (non-hydrogen) atoms. The number of nitrogens with zero attached hydrogens (tertiary/aromatic N) is 1. The lowest BCUT2D eigenvalue weighted by molar-refractivity contribution is 0.178. The average molecular weight is 371 g/mol. The van der Waals surface area contributed by atoms with E-state index >= 15 is 0 Å². The van der Waals surface area contributed by atoms with Crippen LogP contribution in [0.4, 0.5) is 0 Å². The molecule has 1 aliphatic rings. The molecule has 2 aromatic rings. The lowest BCUT2D eigenvalue weighted by Gasteiger charge is -2.15. The van der Waals surface area contributed by atoms with Crippen LogP contribution in [0.2, 0.25) is 0 Å². The van der Waals surface area contributed by atoms with Crippen molar-refractivity contribution in [3.63, 3.8) is 0 Å². The average Bonchev–Trinajstić information content (AvgIpc) is 3.29. The SMILES string of the molecule is C#C[C@H](O)[C@]1(C)[C@@H](c2ccc(OC)cc2)N1S(=O)(=O)c1ccc(C)cc1. The van der Waals surface area contributed by atoms with E-state index in [1.807, 2.05) is 6.92 Å². The summed E-state index contributed by atoms with van der Waals surface area (Å²) in [6.45, 7) is 3.55. The minimum Gasteiger partial charge on any atom is -0.497 e. The minimum absolute atomic E-state index is 0.176. The van der Waals surface area contributed by atoms with Crippen LogP contribution in [-0.4, -0.2) is 36.6 Å². The molecule has 0 saturated carbocycles. The Hall–Kier alpha value is -2.33. The molecule has 1 fully saturated rings. The van der Waals surface area contributed by atoms with Crippen LogP contribution in [0.3, 0.4) is 0 Å². The van der Waals surface area contributed by atoms with E-state index in [4.69, 9.17) is 11.2 Å². The van der Waals surface area contributed by atoms with Crippen molar-refractivity contribution >= 4 is 10.0 Å². The summed E-state index contributed by atoms with van der Waals surface area (Å²) in [5.41, 5.74) is 0.610. The van der Waals surface area contributed by atoms with Gasteiger partial charge >= 0.3 is 0 Å². The molecule has 0 aromatic heterocycles. The van der Waals surface area contributed by atoms with Gasteiger partial charge in [-0.25, -0.2) is 8.42 Å². The van der Waals surface area contributed by atoms with E-state index in [2.05, 4.69) is 5.92 Å². The summed E-state index contributed by atoms with van der Waals surface area (Å²) < 4.78 is 32.8. The molecular formula is C20H21NO4S. The zero-order valence-corrected chi connectivity index (χ0v) is 15.7. The molecule has 4 atom stereocenters. The molecule has 1 saturated heterocycles. The molecule has 136 valence electrons. The lowest BCUT2D eigenvalue weighted by atomic mass is 9.96. The van der Waals surface area contributed by atoms with E-state index in [1.165, 1.54) is 4.31 Å². The molecule has 0 bridgehead atoms. The zero-order valence-electron chi connectivity index (χ0n) is 14.9. The second kappa shape index (κ2) is 6.44. The van der Waals surface area contributed by atoms with Crippen molar-refractivity contribution in [1.29, 1.82) is 0 Å². The predicted molar refractivity (Wildman–Crippen MR) is 99.2 cm³/mol. The maximum absolute atomic E-state index is 13.2. The number of sulfonamides is 1. The zero-order chi connectivity index (χ0) is 19.1. The molecule has 0 radical (unpaired) electrons. The standard InChI is InChI=1S/C20H21NO4S/c1-5-18(22)20(3)19(15-8-10-16(25-4)11-9-15)21(20)26(23,24)17-12-6-14(2)7-13-17/h1,6-13,18-19,22H,2-4H3/t18-,19+,20+,21?/m0/s1. The van der Waals surface area contributed by atoms with Gasteiger partial charge in [-0.15, -0.1) is 6.42 Å². The highest BCUT2D eigenvalue weighted by Crippen LogP contribution is 2.58. The van der Waals surface area contributed by atoms with E-state index in [0.717, 1.165) is 11.1 Å². The fourth-order valence-electron chi connectivity index (χ4n) is 3.29. The third kappa shape index (κ3) is 2.78. The van der Waals surface area contributed by atoms with Gasteiger partial charge in [0.2, 0.25) is 10.0 Å². The summed E-state index contributed by atoms with van der Waals surface area (Å²) >= 11 is 0. The van der Waals surface area contributed by atoms with Crippen LogP contribution in [0.15, 0.2) is 53.4 Å². The maximum Gasteiger partial charge on any atom is 0.244 e. The molecule has 3 rings (SSSR count). The Labute approximate surface area is 154 Å². The number of terminal acetylenes is 1. The van der Waals surface area contributed by atoms with Gasteiger partial charge in [-0.3, -0.25) is 0 Å². The van der Waals surface area contributed by atoms with Gasteiger partial charge in [0.25, 0.3) is 0 Å². The minimum atomic E-state index is -3.81. The van der Waals surface area contributed by atoms with Crippen molar-refractivity contribution in [1.82, 2.24) is 4.31 Å². The van der Waals surface area contributed by atoms with Crippen LogP contribution in [0.1, 0.15) is 24.1 Å². The highest BCUT2D eigenvalue weighted by molar-refractivity contribution is 7.89. The number of aliphatic hydroxyl groups excluding tert-OH is 1. The first kappa shape index (κ1) is 18.5. The number of rotatable bonds is 5. The molecule has 1 N–H and O–H groups in total. The normalized spacial score (nSPS) is 26.0. The third-order valence-corrected chi connectivity index (χ3v) is 6.91. The molecule has 2 aromatic carbocycles. The van der Waals surface area contributed by atoms with Gasteiger partial charge in [0, 0.05) is 0 Å². The highest BCUT2D eigenvalue weighted by atomic mass is 32.2. The molecule has 1 aliphatic heterocycles. The molecule has 0 spiro atoms. The number of benzene rings is 2. The molecule has 0 amide bonds. The number of hydrogen-bond donors (Lipinski definition) is 1. The molecular weight excluding hydrogens is 350 g/mol. The Morgan fingerprint density at radius 2 is 1.77 bits per heavy atom. The highest BCUT2D eigenvalue weighted by Gasteiger charge is 2.69. The molecule has 6 heteroatoms. The molecule has 1 heterocycles. The summed E-state index contributed by atoms with van der Waals surface area (Å²) in [5, 5.41) is 10.3. The van der Waals surface area contributed by atoms with Crippen molar-refractivity contribution in [3.8, 4) is 18.1 Å². The molecule has 1 unspecified atom stereocenters. The van der Waals surface area contributed by atoms with Crippen molar-refractivity contribution in [2.75, 3.05) is 7.11 Å². The van der Waals surface area contributed by atoms with Crippen LogP contribution in [0, 0.1) is 19.3 Å². The quantitative estimate of drug-likeness (QED) is 0.648. The largest absolute Gasteiger partial charge is 0.497 e. The van der Waals surface area contributed by atoms with E-state index in [9.17, 15) is 13.5 Å². The summed E-state index contributed by atoms with van der Waals surface area (Å²) in [4.78, 5) is 0.176. The van der Waals surface area contributed by atoms with E-state index in [0.29, 0.717) is 5.75 Å². The lowest BCUT2D eigenvalue weighted by Crippen LogP contribution is -2.32. The smallest absolute Gasteiger partial charge is 0.244 e. The van der Waals surface area contributed by atoms with Crippen molar-refractivity contribution in [2.45, 2.75) is 36.4 Å². The molecule has 5 nitrogen and oxygen atoms in total. The van der Waals surface area contributed by atoms with E-state index in [-0.39, 0.29) is 4.90 Å². The van der Waals surface area contributed by atoms with Crippen molar-refractivity contribution in [3.05, 3.63) is 59.7 Å². The topological polar surface area (TPSA) is 66.6 Å². The Balaban J connectivity index is 2.05. The van der Waals surface area contributed by atoms with Crippen molar-refractivity contribution in [2.24, 2.45) is 0 Å². The first-order valence-electron chi connectivity index (χ1n) is 8.16. The fraction of sp³-hybridized carbons (Fsp3) is 0.300. The third-order valence-electron chi connectivity index (χ3n) is 4.92. The number of aryl methyl sites for hydroxylation is 1. The number of aliphatic hydroxyl groups is 1. The van der Waals surface area contributed by atoms with Gasteiger partial charge in [0.15, 0.2) is 0 Å². The molecule has 0 aliphatic carbocycles. The second-order valence-electron chi connectivity index (χ2n) is 6.58. The van der Waals surface area contributed by atoms with Gasteiger partial charge < -0.3 is 9.84 Å². The van der Waals surface area contributed by atoms with E-state index in [1.54, 1.807) is 62.6 Å². The van der Waals surface area contributed by atoms with Crippen LogP contribution in [0.25, 0.3) is 0 Å². The fourth-order valence-corrected chi connectivity index (χ4v) is 5.28. The summed E-state index contributed by atoms with van der Waals surface area (Å²) in [5.74, 6) is 2.95. The van der Waals surface area contributed by atoms with Crippen LogP contribution in [-0.2, 0) is 10.0 Å². The number of hydrogen-bond acceptors (Lipinski definition) is 4. The predicted octanol–water partition coefficient (Wildman–Crippen LogP) is 2.50. The summed E-state index contributed by atoms with van der Waals surface area (Å²) in [7, 11) is -2.25. The van der Waals surface area contributed by atoms with E-state index < -0.39 is 27.7 Å². The van der Waals surface area contributed by atoms with Crippen LogP contribution < -0.4 is 4.74 Å². The second-order valence-corrected chi connectivity index (χ2v) is 8.40. The number of ether oxygens (including phenoxy) is 1.